The first-order valence-electron chi connectivity index (χ1n) is 8.84. The Labute approximate surface area is 160 Å². The summed E-state index contributed by atoms with van der Waals surface area (Å²) >= 11 is 0. The number of benzene rings is 1. The number of fused-ring (bicyclic) bond motifs is 1. The van der Waals surface area contributed by atoms with Gasteiger partial charge in [0.25, 0.3) is 0 Å². The fourth-order valence-corrected chi connectivity index (χ4v) is 3.14. The first-order valence-corrected chi connectivity index (χ1v) is 8.84. The van der Waals surface area contributed by atoms with Gasteiger partial charge in [-0.2, -0.15) is 18.3 Å². The maximum Gasteiger partial charge on any atom is 0.497 e. The van der Waals surface area contributed by atoms with Crippen LogP contribution in [-0.4, -0.2) is 33.1 Å². The minimum absolute atomic E-state index is 0.303. The molecule has 5 nitrogen and oxygen atoms in total. The zero-order valence-electron chi connectivity index (χ0n) is 15.9. The molecule has 0 saturated carbocycles. The predicted octanol–water partition coefficient (Wildman–Crippen LogP) is 3.74. The van der Waals surface area contributed by atoms with Crippen LogP contribution in [0.5, 0.6) is 0 Å². The maximum absolute atomic E-state index is 13.1. The summed E-state index contributed by atoms with van der Waals surface area (Å²) < 4.78 is 52.8. The normalized spacial score (nSPS) is 18.8. The number of rotatable bonds is 2. The van der Waals surface area contributed by atoms with Gasteiger partial charge in [0, 0.05) is 17.0 Å². The van der Waals surface area contributed by atoms with Gasteiger partial charge in [0.2, 0.25) is 0 Å². The van der Waals surface area contributed by atoms with Crippen molar-refractivity contribution in [3.05, 3.63) is 48.4 Å². The van der Waals surface area contributed by atoms with Gasteiger partial charge < -0.3 is 9.31 Å². The van der Waals surface area contributed by atoms with Crippen LogP contribution in [0.15, 0.2) is 42.9 Å². The molecule has 146 valence electrons. The first-order chi connectivity index (χ1) is 13.0. The molecular formula is C19H19BF3N3O2. The summed E-state index contributed by atoms with van der Waals surface area (Å²) in [6.45, 7) is 7.80. The van der Waals surface area contributed by atoms with Crippen LogP contribution in [0.2, 0.25) is 0 Å². The first kappa shape index (κ1) is 19.0. The Bertz CT molecular complexity index is 1030. The van der Waals surface area contributed by atoms with E-state index in [1.54, 1.807) is 24.7 Å². The van der Waals surface area contributed by atoms with Gasteiger partial charge in [-0.1, -0.05) is 6.07 Å². The molecule has 1 aromatic carbocycles. The van der Waals surface area contributed by atoms with Crippen molar-refractivity contribution in [1.82, 2.24) is 14.8 Å². The largest absolute Gasteiger partial charge is 0.497 e. The molecule has 0 aliphatic carbocycles. The molecule has 0 radical (unpaired) electrons. The van der Waals surface area contributed by atoms with Crippen molar-refractivity contribution in [2.45, 2.75) is 45.1 Å². The van der Waals surface area contributed by atoms with Gasteiger partial charge in [-0.15, -0.1) is 0 Å². The summed E-state index contributed by atoms with van der Waals surface area (Å²) in [6.07, 6.45) is 0.378. The zero-order chi connectivity index (χ0) is 20.3. The fourth-order valence-electron chi connectivity index (χ4n) is 3.14. The minimum atomic E-state index is -4.43. The maximum atomic E-state index is 13.1. The molecule has 3 heterocycles. The van der Waals surface area contributed by atoms with Crippen molar-refractivity contribution in [3.63, 3.8) is 0 Å². The van der Waals surface area contributed by atoms with Crippen LogP contribution >= 0.6 is 0 Å². The molecule has 1 saturated heterocycles. The van der Waals surface area contributed by atoms with Gasteiger partial charge in [0.15, 0.2) is 0 Å². The van der Waals surface area contributed by atoms with E-state index < -0.39 is 30.1 Å². The summed E-state index contributed by atoms with van der Waals surface area (Å²) in [5, 5.41) is 5.01. The lowest BCUT2D eigenvalue weighted by molar-refractivity contribution is -0.137. The van der Waals surface area contributed by atoms with E-state index in [-0.39, 0.29) is 0 Å². The fraction of sp³-hybridized carbons (Fsp3) is 0.368. The molecule has 3 aromatic rings. The molecule has 0 amide bonds. The van der Waals surface area contributed by atoms with Crippen molar-refractivity contribution >= 4 is 23.5 Å². The van der Waals surface area contributed by atoms with Crippen LogP contribution in [0.3, 0.4) is 0 Å². The highest BCUT2D eigenvalue weighted by Crippen LogP contribution is 2.37. The molecule has 0 unspecified atom stereocenters. The molecule has 2 aromatic heterocycles. The molecule has 0 bridgehead atoms. The lowest BCUT2D eigenvalue weighted by Gasteiger charge is -2.32. The van der Waals surface area contributed by atoms with Gasteiger partial charge in [0.1, 0.15) is 0 Å². The van der Waals surface area contributed by atoms with Crippen LogP contribution in [0.1, 0.15) is 33.3 Å². The van der Waals surface area contributed by atoms with Crippen molar-refractivity contribution < 1.29 is 22.5 Å². The highest BCUT2D eigenvalue weighted by Gasteiger charge is 2.52. The van der Waals surface area contributed by atoms with E-state index in [0.29, 0.717) is 22.1 Å². The van der Waals surface area contributed by atoms with Crippen LogP contribution in [-0.2, 0) is 15.5 Å². The molecule has 0 atom stereocenters. The van der Waals surface area contributed by atoms with Crippen LogP contribution in [0.4, 0.5) is 13.2 Å². The SMILES string of the molecule is CC1(C)OB(c2cncc3c2cnn3-c2cccc(C(F)(F)F)c2)OC1(C)C. The van der Waals surface area contributed by atoms with E-state index in [1.807, 2.05) is 27.7 Å². The molecule has 28 heavy (non-hydrogen) atoms. The topological polar surface area (TPSA) is 49.2 Å². The third-order valence-corrected chi connectivity index (χ3v) is 5.45. The molecule has 9 heteroatoms. The van der Waals surface area contributed by atoms with Crippen LogP contribution in [0, 0.1) is 0 Å². The Morgan fingerprint density at radius 3 is 2.32 bits per heavy atom. The van der Waals surface area contributed by atoms with E-state index in [2.05, 4.69) is 10.1 Å². The smallest absolute Gasteiger partial charge is 0.399 e. The average Bonchev–Trinajstić information content (AvgIpc) is 3.12. The third kappa shape index (κ3) is 2.98. The summed E-state index contributed by atoms with van der Waals surface area (Å²) in [5.74, 6) is 0. The molecule has 1 aliphatic heterocycles. The number of hydrogen-bond donors (Lipinski definition) is 0. The number of aromatic nitrogens is 3. The van der Waals surface area contributed by atoms with Crippen LogP contribution in [0.25, 0.3) is 16.6 Å². The second-order valence-corrected chi connectivity index (χ2v) is 7.85. The van der Waals surface area contributed by atoms with E-state index in [9.17, 15) is 13.2 Å². The Hall–Kier alpha value is -2.39. The Balaban J connectivity index is 1.79. The number of nitrogens with zero attached hydrogens (tertiary/aromatic N) is 3. The zero-order valence-corrected chi connectivity index (χ0v) is 15.9. The number of halogens is 3. The summed E-state index contributed by atoms with van der Waals surface area (Å²) in [6, 6.07) is 5.03. The number of pyridine rings is 1. The van der Waals surface area contributed by atoms with Crippen molar-refractivity contribution in [2.75, 3.05) is 0 Å². The molecule has 1 fully saturated rings. The van der Waals surface area contributed by atoms with Gasteiger partial charge in [-0.05, 0) is 45.9 Å². The van der Waals surface area contributed by atoms with Gasteiger partial charge in [0.05, 0.1) is 40.4 Å². The second-order valence-electron chi connectivity index (χ2n) is 7.85. The number of alkyl halides is 3. The van der Waals surface area contributed by atoms with Gasteiger partial charge >= 0.3 is 13.3 Å². The average molecular weight is 389 g/mol. The van der Waals surface area contributed by atoms with E-state index in [1.165, 1.54) is 10.7 Å². The monoisotopic (exact) mass is 389 g/mol. The predicted molar refractivity (Wildman–Crippen MR) is 99.6 cm³/mol. The Kier molecular flexibility index (Phi) is 4.10. The van der Waals surface area contributed by atoms with Crippen molar-refractivity contribution in [3.8, 4) is 5.69 Å². The minimum Gasteiger partial charge on any atom is -0.399 e. The Morgan fingerprint density at radius 1 is 1.00 bits per heavy atom. The van der Waals surface area contributed by atoms with Gasteiger partial charge in [-0.3, -0.25) is 4.98 Å². The second kappa shape index (κ2) is 6.05. The summed E-state index contributed by atoms with van der Waals surface area (Å²) in [4.78, 5) is 4.24. The lowest BCUT2D eigenvalue weighted by atomic mass is 9.78. The Morgan fingerprint density at radius 2 is 1.68 bits per heavy atom. The highest BCUT2D eigenvalue weighted by atomic mass is 19.4. The standard InChI is InChI=1S/C19H19BF3N3O2/c1-17(2)18(3,4)28-20(27-17)15-10-24-11-16-14(15)9-25-26(16)13-7-5-6-12(8-13)19(21,22)23/h5-11H,1-4H3. The van der Waals surface area contributed by atoms with Gasteiger partial charge in [-0.25, -0.2) is 4.68 Å². The molecule has 4 rings (SSSR count). The van der Waals surface area contributed by atoms with Crippen molar-refractivity contribution in [1.29, 1.82) is 0 Å². The molecule has 0 spiro atoms. The van der Waals surface area contributed by atoms with Crippen molar-refractivity contribution in [2.24, 2.45) is 0 Å². The van der Waals surface area contributed by atoms with E-state index in [0.717, 1.165) is 12.1 Å². The summed E-state index contributed by atoms with van der Waals surface area (Å²) in [5.41, 5.74) is -0.199. The van der Waals surface area contributed by atoms with E-state index in [4.69, 9.17) is 9.31 Å². The molecule has 0 N–H and O–H groups in total. The molecular weight excluding hydrogens is 370 g/mol. The van der Waals surface area contributed by atoms with Crippen LogP contribution < -0.4 is 5.46 Å². The highest BCUT2D eigenvalue weighted by molar-refractivity contribution is 6.65. The van der Waals surface area contributed by atoms with E-state index >= 15 is 0 Å². The quantitative estimate of drug-likeness (QED) is 0.627. The molecule has 1 aliphatic rings. The number of hydrogen-bond acceptors (Lipinski definition) is 4. The third-order valence-electron chi connectivity index (χ3n) is 5.45. The summed E-state index contributed by atoms with van der Waals surface area (Å²) in [7, 11) is -0.639. The lowest BCUT2D eigenvalue weighted by Crippen LogP contribution is -2.41.